The zero-order valence-electron chi connectivity index (χ0n) is 13.1. The normalized spacial score (nSPS) is 10.0. The molecule has 24 heavy (non-hydrogen) atoms. The molecular formula is C18H17NO5. The molecule has 6 nitrogen and oxygen atoms in total. The zero-order valence-corrected chi connectivity index (χ0v) is 13.1. The molecular weight excluding hydrogens is 310 g/mol. The Morgan fingerprint density at radius 2 is 1.71 bits per heavy atom. The van der Waals surface area contributed by atoms with Crippen LogP contribution in [0.2, 0.25) is 0 Å². The maximum Gasteiger partial charge on any atom is 0.338 e. The molecule has 0 spiro atoms. The quantitative estimate of drug-likeness (QED) is 0.796. The fraction of sp³-hybridized carbons (Fsp3) is 0.167. The van der Waals surface area contributed by atoms with Crippen LogP contribution in [-0.4, -0.2) is 29.6 Å². The molecule has 2 rings (SSSR count). The predicted octanol–water partition coefficient (Wildman–Crippen LogP) is 2.74. The Morgan fingerprint density at radius 3 is 2.33 bits per heavy atom. The minimum atomic E-state index is -1.07. The minimum Gasteiger partial charge on any atom is -0.478 e. The van der Waals surface area contributed by atoms with Gasteiger partial charge in [0.05, 0.1) is 24.2 Å². The average Bonchev–Trinajstić information content (AvgIpc) is 2.56. The molecule has 0 bridgehead atoms. The molecule has 0 atom stereocenters. The lowest BCUT2D eigenvalue weighted by Crippen LogP contribution is -2.16. The topological polar surface area (TPSA) is 92.7 Å². The van der Waals surface area contributed by atoms with Crippen molar-refractivity contribution in [3.63, 3.8) is 0 Å². The summed E-state index contributed by atoms with van der Waals surface area (Å²) in [7, 11) is 0. The Balaban J connectivity index is 2.03. The predicted molar refractivity (Wildman–Crippen MR) is 88.1 cm³/mol. The molecule has 124 valence electrons. The molecule has 0 aromatic heterocycles. The van der Waals surface area contributed by atoms with Crippen LogP contribution in [-0.2, 0) is 16.0 Å². The van der Waals surface area contributed by atoms with E-state index in [-0.39, 0.29) is 17.9 Å². The number of rotatable bonds is 6. The van der Waals surface area contributed by atoms with E-state index in [1.807, 2.05) is 0 Å². The SMILES string of the molecule is CCOC(=O)c1ccc(NC(=O)Cc2ccccc2C(=O)O)cc1. The summed E-state index contributed by atoms with van der Waals surface area (Å²) in [5.74, 6) is -1.84. The van der Waals surface area contributed by atoms with Gasteiger partial charge in [-0.3, -0.25) is 4.79 Å². The Morgan fingerprint density at radius 1 is 1.04 bits per heavy atom. The van der Waals surface area contributed by atoms with E-state index < -0.39 is 11.9 Å². The number of benzene rings is 2. The Hall–Kier alpha value is -3.15. The van der Waals surface area contributed by atoms with Gasteiger partial charge in [0.15, 0.2) is 0 Å². The monoisotopic (exact) mass is 327 g/mol. The summed E-state index contributed by atoms with van der Waals surface area (Å²) in [4.78, 5) is 34.8. The second kappa shape index (κ2) is 7.92. The highest BCUT2D eigenvalue weighted by Gasteiger charge is 2.13. The lowest BCUT2D eigenvalue weighted by Gasteiger charge is -2.08. The van der Waals surface area contributed by atoms with Crippen molar-refractivity contribution < 1.29 is 24.2 Å². The first kappa shape index (κ1) is 17.2. The second-order valence-corrected chi connectivity index (χ2v) is 4.99. The van der Waals surface area contributed by atoms with E-state index in [9.17, 15) is 14.4 Å². The Labute approximate surface area is 139 Å². The van der Waals surface area contributed by atoms with Gasteiger partial charge in [-0.2, -0.15) is 0 Å². The van der Waals surface area contributed by atoms with E-state index >= 15 is 0 Å². The lowest BCUT2D eigenvalue weighted by atomic mass is 10.0. The number of hydrogen-bond donors (Lipinski definition) is 2. The van der Waals surface area contributed by atoms with E-state index in [1.165, 1.54) is 6.07 Å². The summed E-state index contributed by atoms with van der Waals surface area (Å²) < 4.78 is 4.88. The van der Waals surface area contributed by atoms with Crippen LogP contribution in [0.4, 0.5) is 5.69 Å². The van der Waals surface area contributed by atoms with Crippen molar-refractivity contribution in [3.8, 4) is 0 Å². The number of carboxylic acids is 1. The third kappa shape index (κ3) is 4.42. The smallest absolute Gasteiger partial charge is 0.338 e. The van der Waals surface area contributed by atoms with Gasteiger partial charge in [-0.05, 0) is 42.8 Å². The number of anilines is 1. The number of carboxylic acid groups (broad SMARTS) is 1. The number of hydrogen-bond acceptors (Lipinski definition) is 4. The van der Waals surface area contributed by atoms with Crippen molar-refractivity contribution in [1.29, 1.82) is 0 Å². The first-order valence-electron chi connectivity index (χ1n) is 7.39. The highest BCUT2D eigenvalue weighted by molar-refractivity contribution is 5.96. The van der Waals surface area contributed by atoms with Gasteiger partial charge < -0.3 is 15.2 Å². The van der Waals surface area contributed by atoms with Gasteiger partial charge >= 0.3 is 11.9 Å². The van der Waals surface area contributed by atoms with Crippen LogP contribution in [0.5, 0.6) is 0 Å². The second-order valence-electron chi connectivity index (χ2n) is 4.99. The van der Waals surface area contributed by atoms with E-state index in [4.69, 9.17) is 9.84 Å². The molecule has 6 heteroatoms. The fourth-order valence-corrected chi connectivity index (χ4v) is 2.17. The number of aromatic carboxylic acids is 1. The van der Waals surface area contributed by atoms with Crippen LogP contribution in [0.25, 0.3) is 0 Å². The van der Waals surface area contributed by atoms with Gasteiger partial charge in [0, 0.05) is 5.69 Å². The zero-order chi connectivity index (χ0) is 17.5. The van der Waals surface area contributed by atoms with Gasteiger partial charge in [0.1, 0.15) is 0 Å². The van der Waals surface area contributed by atoms with E-state index in [0.29, 0.717) is 23.4 Å². The van der Waals surface area contributed by atoms with Crippen molar-refractivity contribution in [1.82, 2.24) is 0 Å². The first-order valence-corrected chi connectivity index (χ1v) is 7.39. The highest BCUT2D eigenvalue weighted by atomic mass is 16.5. The number of esters is 1. The molecule has 2 aromatic rings. The molecule has 1 amide bonds. The van der Waals surface area contributed by atoms with E-state index in [2.05, 4.69) is 5.32 Å². The van der Waals surface area contributed by atoms with Crippen molar-refractivity contribution in [2.45, 2.75) is 13.3 Å². The molecule has 0 aliphatic rings. The van der Waals surface area contributed by atoms with Crippen LogP contribution in [0, 0.1) is 0 Å². The first-order chi connectivity index (χ1) is 11.5. The third-order valence-corrected chi connectivity index (χ3v) is 3.28. The standard InChI is InChI=1S/C18H17NO5/c1-2-24-18(23)12-7-9-14(10-8-12)19-16(20)11-13-5-3-4-6-15(13)17(21)22/h3-10H,2,11H2,1H3,(H,19,20)(H,21,22). The molecule has 2 N–H and O–H groups in total. The number of carbonyl (C=O) groups excluding carboxylic acids is 2. The molecule has 0 fully saturated rings. The van der Waals surface area contributed by atoms with Gasteiger partial charge in [0.2, 0.25) is 5.91 Å². The van der Waals surface area contributed by atoms with Crippen molar-refractivity contribution in [2.75, 3.05) is 11.9 Å². The molecule has 0 aliphatic carbocycles. The molecule has 0 saturated heterocycles. The summed E-state index contributed by atoms with van der Waals surface area (Å²) in [6.07, 6.45) is -0.0535. The molecule has 0 heterocycles. The molecule has 0 aliphatic heterocycles. The maximum absolute atomic E-state index is 12.1. The summed E-state index contributed by atoms with van der Waals surface area (Å²) in [6.45, 7) is 2.02. The highest BCUT2D eigenvalue weighted by Crippen LogP contribution is 2.13. The number of nitrogens with one attached hydrogen (secondary N) is 1. The van der Waals surface area contributed by atoms with Crippen molar-refractivity contribution in [3.05, 3.63) is 65.2 Å². The lowest BCUT2D eigenvalue weighted by molar-refractivity contribution is -0.115. The van der Waals surface area contributed by atoms with Gasteiger partial charge in [-0.15, -0.1) is 0 Å². The maximum atomic E-state index is 12.1. The summed E-state index contributed by atoms with van der Waals surface area (Å²) in [6, 6.07) is 12.6. The van der Waals surface area contributed by atoms with Crippen LogP contribution in [0.3, 0.4) is 0 Å². The number of amides is 1. The number of carbonyl (C=O) groups is 3. The van der Waals surface area contributed by atoms with Gasteiger partial charge in [-0.25, -0.2) is 9.59 Å². The van der Waals surface area contributed by atoms with Crippen LogP contribution < -0.4 is 5.32 Å². The number of ether oxygens (including phenoxy) is 1. The van der Waals surface area contributed by atoms with E-state index in [0.717, 1.165) is 0 Å². The van der Waals surface area contributed by atoms with Gasteiger partial charge in [-0.1, -0.05) is 18.2 Å². The largest absolute Gasteiger partial charge is 0.478 e. The summed E-state index contributed by atoms with van der Waals surface area (Å²) in [5.41, 5.74) is 1.45. The summed E-state index contributed by atoms with van der Waals surface area (Å²) in [5, 5.41) is 11.8. The minimum absolute atomic E-state index is 0.0535. The van der Waals surface area contributed by atoms with Crippen molar-refractivity contribution >= 4 is 23.5 Å². The van der Waals surface area contributed by atoms with Crippen molar-refractivity contribution in [2.24, 2.45) is 0 Å². The van der Waals surface area contributed by atoms with Gasteiger partial charge in [0.25, 0.3) is 0 Å². The Kier molecular flexibility index (Phi) is 5.68. The van der Waals surface area contributed by atoms with Crippen LogP contribution in [0.1, 0.15) is 33.2 Å². The fourth-order valence-electron chi connectivity index (χ4n) is 2.17. The molecule has 2 aromatic carbocycles. The summed E-state index contributed by atoms with van der Waals surface area (Å²) >= 11 is 0. The average molecular weight is 327 g/mol. The molecule has 0 radical (unpaired) electrons. The Bertz CT molecular complexity index is 752. The van der Waals surface area contributed by atoms with Crippen LogP contribution >= 0.6 is 0 Å². The third-order valence-electron chi connectivity index (χ3n) is 3.28. The molecule has 0 unspecified atom stereocenters. The van der Waals surface area contributed by atoms with E-state index in [1.54, 1.807) is 49.4 Å². The molecule has 0 saturated carbocycles. The van der Waals surface area contributed by atoms with Crippen LogP contribution in [0.15, 0.2) is 48.5 Å².